The van der Waals surface area contributed by atoms with Crippen LogP contribution in [0.15, 0.2) is 10.2 Å². The zero-order chi connectivity index (χ0) is 18.2. The maximum Gasteiger partial charge on any atom is 0.240 e. The number of carbonyl (C=O) groups excluding carboxylic acids is 2. The van der Waals surface area contributed by atoms with Crippen molar-refractivity contribution in [1.82, 2.24) is 10.9 Å². The number of carbonyl (C=O) groups is 2. The maximum absolute atomic E-state index is 11.6. The first-order chi connectivity index (χ1) is 11.5. The highest BCUT2D eigenvalue weighted by Gasteiger charge is 2.04. The van der Waals surface area contributed by atoms with E-state index in [0.717, 1.165) is 49.9 Å². The molecule has 0 heterocycles. The normalized spacial score (nSPS) is 12.2. The summed E-state index contributed by atoms with van der Waals surface area (Å²) < 4.78 is 0. The number of hydrazone groups is 2. The van der Waals surface area contributed by atoms with E-state index in [9.17, 15) is 9.59 Å². The highest BCUT2D eigenvalue weighted by molar-refractivity contribution is 5.85. The molecule has 6 nitrogen and oxygen atoms in total. The van der Waals surface area contributed by atoms with E-state index in [1.165, 1.54) is 0 Å². The fraction of sp³-hybridized carbons (Fsp3) is 0.778. The van der Waals surface area contributed by atoms with Gasteiger partial charge in [-0.2, -0.15) is 10.2 Å². The summed E-state index contributed by atoms with van der Waals surface area (Å²) in [5.41, 5.74) is 7.02. The topological polar surface area (TPSA) is 82.9 Å². The fourth-order valence-corrected chi connectivity index (χ4v) is 1.98. The number of unbranched alkanes of at least 4 members (excludes halogenated alkanes) is 3. The molecule has 138 valence electrons. The molecule has 0 rings (SSSR count). The summed E-state index contributed by atoms with van der Waals surface area (Å²) in [6.45, 7) is 8.09. The SMILES string of the molecule is CCCC/C(C)=N\NC(=O)CCCCC(=O)N/N=C(/C)CCCC. The lowest BCUT2D eigenvalue weighted by atomic mass is 10.2. The second-order valence-electron chi connectivity index (χ2n) is 6.18. The van der Waals surface area contributed by atoms with E-state index in [-0.39, 0.29) is 11.8 Å². The van der Waals surface area contributed by atoms with Gasteiger partial charge >= 0.3 is 0 Å². The van der Waals surface area contributed by atoms with Crippen molar-refractivity contribution in [3.8, 4) is 0 Å². The summed E-state index contributed by atoms with van der Waals surface area (Å²) in [5.74, 6) is -0.195. The Kier molecular flexibility index (Phi) is 13.8. The van der Waals surface area contributed by atoms with E-state index in [1.54, 1.807) is 0 Å². The van der Waals surface area contributed by atoms with Crippen LogP contribution in [-0.2, 0) is 9.59 Å². The minimum Gasteiger partial charge on any atom is -0.273 e. The lowest BCUT2D eigenvalue weighted by Crippen LogP contribution is -2.20. The molecular formula is C18H34N4O2. The smallest absolute Gasteiger partial charge is 0.240 e. The van der Waals surface area contributed by atoms with Gasteiger partial charge in [0, 0.05) is 24.3 Å². The van der Waals surface area contributed by atoms with Crippen molar-refractivity contribution in [2.75, 3.05) is 0 Å². The Hall–Kier alpha value is -1.72. The highest BCUT2D eigenvalue weighted by atomic mass is 16.2. The Morgan fingerprint density at radius 1 is 0.667 bits per heavy atom. The molecule has 6 heteroatoms. The van der Waals surface area contributed by atoms with Gasteiger partial charge in [0.2, 0.25) is 11.8 Å². The van der Waals surface area contributed by atoms with Crippen LogP contribution in [0, 0.1) is 0 Å². The van der Waals surface area contributed by atoms with Gasteiger partial charge in [0.25, 0.3) is 0 Å². The molecule has 0 saturated heterocycles. The quantitative estimate of drug-likeness (QED) is 0.303. The summed E-state index contributed by atoms with van der Waals surface area (Å²) in [4.78, 5) is 23.3. The first-order valence-corrected chi connectivity index (χ1v) is 9.13. The van der Waals surface area contributed by atoms with Crippen LogP contribution in [0.25, 0.3) is 0 Å². The van der Waals surface area contributed by atoms with Crippen molar-refractivity contribution in [2.45, 2.75) is 91.9 Å². The van der Waals surface area contributed by atoms with Gasteiger partial charge < -0.3 is 0 Å². The molecular weight excluding hydrogens is 304 g/mol. The van der Waals surface area contributed by atoms with E-state index in [0.29, 0.717) is 25.7 Å². The van der Waals surface area contributed by atoms with Gasteiger partial charge in [0.1, 0.15) is 0 Å². The second-order valence-corrected chi connectivity index (χ2v) is 6.18. The van der Waals surface area contributed by atoms with Crippen LogP contribution in [-0.4, -0.2) is 23.2 Å². The molecule has 0 aliphatic heterocycles. The molecule has 0 unspecified atom stereocenters. The molecule has 0 aromatic heterocycles. The summed E-state index contributed by atoms with van der Waals surface area (Å²) in [7, 11) is 0. The molecule has 0 aliphatic carbocycles. The van der Waals surface area contributed by atoms with Crippen LogP contribution in [0.1, 0.15) is 91.9 Å². The van der Waals surface area contributed by atoms with Crippen molar-refractivity contribution >= 4 is 23.2 Å². The van der Waals surface area contributed by atoms with Crippen LogP contribution in [0.5, 0.6) is 0 Å². The molecule has 0 bridgehead atoms. The number of nitrogens with one attached hydrogen (secondary N) is 2. The van der Waals surface area contributed by atoms with E-state index in [4.69, 9.17) is 0 Å². The van der Waals surface area contributed by atoms with Crippen LogP contribution in [0.3, 0.4) is 0 Å². The van der Waals surface area contributed by atoms with Gasteiger partial charge in [-0.15, -0.1) is 0 Å². The number of nitrogens with zero attached hydrogens (tertiary/aromatic N) is 2. The molecule has 24 heavy (non-hydrogen) atoms. The van der Waals surface area contributed by atoms with Crippen LogP contribution in [0.2, 0.25) is 0 Å². The van der Waals surface area contributed by atoms with Crippen molar-refractivity contribution in [3.63, 3.8) is 0 Å². The molecule has 0 aliphatic rings. The molecule has 0 atom stereocenters. The number of rotatable bonds is 13. The number of hydrogen-bond donors (Lipinski definition) is 2. The summed E-state index contributed by atoms with van der Waals surface area (Å²) >= 11 is 0. The molecule has 0 spiro atoms. The van der Waals surface area contributed by atoms with Gasteiger partial charge in [0.05, 0.1) is 0 Å². The molecule has 2 amide bonds. The molecule has 0 aromatic rings. The monoisotopic (exact) mass is 338 g/mol. The minimum absolute atomic E-state index is 0.0975. The van der Waals surface area contributed by atoms with Crippen molar-refractivity contribution in [1.29, 1.82) is 0 Å². The number of amides is 2. The third kappa shape index (κ3) is 13.9. The van der Waals surface area contributed by atoms with Crippen molar-refractivity contribution < 1.29 is 9.59 Å². The van der Waals surface area contributed by atoms with Crippen LogP contribution >= 0.6 is 0 Å². The molecule has 0 radical (unpaired) electrons. The summed E-state index contributed by atoms with van der Waals surface area (Å²) in [5, 5.41) is 8.14. The van der Waals surface area contributed by atoms with Crippen molar-refractivity contribution in [2.24, 2.45) is 10.2 Å². The first kappa shape index (κ1) is 22.3. The Morgan fingerprint density at radius 3 is 1.38 bits per heavy atom. The third-order valence-electron chi connectivity index (χ3n) is 3.58. The highest BCUT2D eigenvalue weighted by Crippen LogP contribution is 2.01. The van der Waals surface area contributed by atoms with Gasteiger partial charge in [-0.25, -0.2) is 10.9 Å². The first-order valence-electron chi connectivity index (χ1n) is 9.13. The van der Waals surface area contributed by atoms with Gasteiger partial charge in [-0.1, -0.05) is 26.7 Å². The Morgan fingerprint density at radius 2 is 1.04 bits per heavy atom. The Balaban J connectivity index is 3.77. The summed E-state index contributed by atoms with van der Waals surface area (Å²) in [6, 6.07) is 0. The zero-order valence-electron chi connectivity index (χ0n) is 15.8. The van der Waals surface area contributed by atoms with E-state index < -0.39 is 0 Å². The maximum atomic E-state index is 11.6. The predicted molar refractivity (Wildman–Crippen MR) is 100 cm³/mol. The van der Waals surface area contributed by atoms with Crippen LogP contribution in [0.4, 0.5) is 0 Å². The summed E-state index contributed by atoms with van der Waals surface area (Å²) in [6.07, 6.45) is 8.33. The van der Waals surface area contributed by atoms with E-state index >= 15 is 0 Å². The van der Waals surface area contributed by atoms with Crippen LogP contribution < -0.4 is 10.9 Å². The number of hydrogen-bond acceptors (Lipinski definition) is 4. The second kappa shape index (κ2) is 14.8. The standard InChI is InChI=1S/C18H34N4O2/c1-5-7-11-15(3)19-21-17(23)13-9-10-14-18(24)22-20-16(4)12-8-6-2/h5-14H2,1-4H3,(H,21,23)(H,22,24)/b19-15-,20-16-. The predicted octanol–water partition coefficient (Wildman–Crippen LogP) is 3.91. The Labute approximate surface area is 146 Å². The third-order valence-corrected chi connectivity index (χ3v) is 3.58. The largest absolute Gasteiger partial charge is 0.273 e. The lowest BCUT2D eigenvalue weighted by Gasteiger charge is -2.03. The Bertz CT molecular complexity index is 391. The zero-order valence-corrected chi connectivity index (χ0v) is 15.8. The van der Waals surface area contributed by atoms with E-state index in [2.05, 4.69) is 34.9 Å². The van der Waals surface area contributed by atoms with Gasteiger partial charge in [0.15, 0.2) is 0 Å². The average Bonchev–Trinajstić information content (AvgIpc) is 2.58. The molecule has 0 fully saturated rings. The molecule has 0 aromatic carbocycles. The average molecular weight is 338 g/mol. The molecule has 0 saturated carbocycles. The minimum atomic E-state index is -0.0975. The van der Waals surface area contributed by atoms with Gasteiger partial charge in [-0.05, 0) is 52.4 Å². The van der Waals surface area contributed by atoms with E-state index in [1.807, 2.05) is 13.8 Å². The van der Waals surface area contributed by atoms with Gasteiger partial charge in [-0.3, -0.25) is 9.59 Å². The lowest BCUT2D eigenvalue weighted by molar-refractivity contribution is -0.123. The fourth-order valence-electron chi connectivity index (χ4n) is 1.98. The van der Waals surface area contributed by atoms with Crippen molar-refractivity contribution in [3.05, 3.63) is 0 Å². The molecule has 2 N–H and O–H groups in total.